The number of benzene rings is 1. The number of para-hydroxylation sites is 1. The molecule has 0 aliphatic carbocycles. The molecule has 0 unspecified atom stereocenters. The Labute approximate surface area is 312 Å². The minimum absolute atomic E-state index is 0.0494. The Morgan fingerprint density at radius 3 is 2.41 bits per heavy atom. The fraction of sp³-hybridized carbons (Fsp3) is 0.514. The van der Waals surface area contributed by atoms with E-state index >= 15 is 0 Å². The van der Waals surface area contributed by atoms with E-state index in [4.69, 9.17) is 28.9 Å². The number of piperidine rings is 1. The van der Waals surface area contributed by atoms with Gasteiger partial charge in [0.05, 0.1) is 31.2 Å². The lowest BCUT2D eigenvalue weighted by Gasteiger charge is -2.43. The number of nitriles is 1. The number of likely N-dealkylation sites (tertiary alicyclic amines) is 1. The topological polar surface area (TPSA) is 196 Å². The van der Waals surface area contributed by atoms with Crippen LogP contribution in [-0.2, 0) is 44.7 Å². The highest BCUT2D eigenvalue weighted by molar-refractivity contribution is 5.95. The molecule has 0 bridgehead atoms. The number of rotatable bonds is 10. The lowest BCUT2D eigenvalue weighted by Crippen LogP contribution is -2.60. The summed E-state index contributed by atoms with van der Waals surface area (Å²) in [5.74, 6) is -1.95. The monoisotopic (exact) mass is 747 g/mol. The van der Waals surface area contributed by atoms with Gasteiger partial charge >= 0.3 is 23.9 Å². The molecular weight excluding hydrogens is 702 g/mol. The molecule has 2 fully saturated rings. The van der Waals surface area contributed by atoms with E-state index in [-0.39, 0.29) is 36.6 Å². The van der Waals surface area contributed by atoms with Crippen molar-refractivity contribution in [2.75, 3.05) is 39.2 Å². The minimum atomic E-state index is -1.40. The zero-order chi connectivity index (χ0) is 39.3. The number of esters is 3. The van der Waals surface area contributed by atoms with Gasteiger partial charge in [0.25, 0.3) is 0 Å². The van der Waals surface area contributed by atoms with Gasteiger partial charge < -0.3 is 38.4 Å². The van der Waals surface area contributed by atoms with E-state index < -0.39 is 54.5 Å². The third-order valence-corrected chi connectivity index (χ3v) is 9.86. The summed E-state index contributed by atoms with van der Waals surface area (Å²) in [5.41, 5.74) is 0.928. The van der Waals surface area contributed by atoms with Gasteiger partial charge in [0, 0.05) is 58.7 Å². The predicted molar refractivity (Wildman–Crippen MR) is 191 cm³/mol. The van der Waals surface area contributed by atoms with Crippen LogP contribution >= 0.6 is 0 Å². The van der Waals surface area contributed by atoms with E-state index in [0.717, 1.165) is 6.42 Å². The molecule has 3 aromatic rings. The summed E-state index contributed by atoms with van der Waals surface area (Å²) in [7, 11) is 4.70. The molecule has 0 saturated carbocycles. The number of amides is 2. The first-order chi connectivity index (χ1) is 25.7. The molecule has 0 N–H and O–H groups in total. The molecule has 0 spiro atoms. The van der Waals surface area contributed by atoms with Crippen LogP contribution in [0.25, 0.3) is 11.0 Å². The van der Waals surface area contributed by atoms with E-state index in [0.29, 0.717) is 35.5 Å². The van der Waals surface area contributed by atoms with Crippen molar-refractivity contribution in [3.8, 4) is 11.8 Å². The molecular formula is C37H45N7O10. The van der Waals surface area contributed by atoms with Crippen molar-refractivity contribution in [2.45, 2.75) is 77.7 Å². The van der Waals surface area contributed by atoms with Crippen LogP contribution in [-0.4, -0.2) is 119 Å². The third kappa shape index (κ3) is 8.38. The number of anilines is 1. The number of hydrogen-bond acceptors (Lipinski definition) is 14. The Morgan fingerprint density at radius 2 is 1.72 bits per heavy atom. The number of likely N-dealkylation sites (N-methyl/N-ethyl adjacent to an activating group) is 1. The van der Waals surface area contributed by atoms with Gasteiger partial charge in [-0.3, -0.25) is 19.0 Å². The number of methoxy groups -OCH3 is 1. The van der Waals surface area contributed by atoms with E-state index in [1.807, 2.05) is 18.0 Å². The Morgan fingerprint density at radius 1 is 1.02 bits per heavy atom. The number of carbonyl (C=O) groups is 5. The smallest absolute Gasteiger partial charge is 0.335 e. The van der Waals surface area contributed by atoms with Crippen LogP contribution in [0.1, 0.15) is 46.1 Å². The summed E-state index contributed by atoms with van der Waals surface area (Å²) in [6.45, 7) is 7.18. The zero-order valence-electron chi connectivity index (χ0n) is 31.3. The molecule has 2 aliphatic rings. The van der Waals surface area contributed by atoms with Gasteiger partial charge in [0.1, 0.15) is 24.3 Å². The maximum atomic E-state index is 14.0. The maximum Gasteiger partial charge on any atom is 0.335 e. The average molecular weight is 748 g/mol. The number of aromatic nitrogens is 3. The summed E-state index contributed by atoms with van der Waals surface area (Å²) in [5, 5.41) is 9.68. The fourth-order valence-electron chi connectivity index (χ4n) is 7.00. The standard InChI is InChI=1S/C37H45N7O10/c1-21-13-16-43(29(47)12-15-38)19-27(21)42(6)33-26-14-17-44(34(26)40-20-39-33)37(49)41(5)18-25-10-8-9-11-28(25)53-36-32(52-24(4)46)30(51-23(3)45)22(2)31(54-36)35(48)50-7/h8-11,14,17,20-22,27,30-32,36H,12-13,16,18-19H2,1-7H3/t21-,22+,27+,30+,31+,32-,36-/m1/s1. The van der Waals surface area contributed by atoms with Crippen molar-refractivity contribution in [1.29, 1.82) is 5.26 Å². The Kier molecular flexibility index (Phi) is 12.4. The molecule has 17 heteroatoms. The third-order valence-electron chi connectivity index (χ3n) is 9.86. The van der Waals surface area contributed by atoms with Crippen LogP contribution in [0.3, 0.4) is 0 Å². The highest BCUT2D eigenvalue weighted by Gasteiger charge is 2.52. The number of ether oxygens (including phenoxy) is 5. The Hall–Kier alpha value is -5.76. The van der Waals surface area contributed by atoms with Gasteiger partial charge in [-0.25, -0.2) is 19.6 Å². The van der Waals surface area contributed by atoms with E-state index in [9.17, 15) is 24.0 Å². The highest BCUT2D eigenvalue weighted by atomic mass is 16.7. The number of fused-ring (bicyclic) bond motifs is 1. The van der Waals surface area contributed by atoms with E-state index in [1.165, 1.54) is 36.8 Å². The van der Waals surface area contributed by atoms with Gasteiger partial charge in [-0.15, -0.1) is 0 Å². The normalized spacial score (nSPS) is 23.8. The summed E-state index contributed by atoms with van der Waals surface area (Å²) >= 11 is 0. The van der Waals surface area contributed by atoms with Crippen molar-refractivity contribution in [2.24, 2.45) is 11.8 Å². The number of carbonyl (C=O) groups excluding carboxylic acids is 5. The van der Waals surface area contributed by atoms with Crippen LogP contribution in [0.15, 0.2) is 42.9 Å². The fourth-order valence-corrected chi connectivity index (χ4v) is 7.00. The summed E-state index contributed by atoms with van der Waals surface area (Å²) < 4.78 is 29.7. The molecule has 17 nitrogen and oxygen atoms in total. The van der Waals surface area contributed by atoms with Gasteiger partial charge in [-0.05, 0) is 24.5 Å². The molecule has 2 amide bonds. The van der Waals surface area contributed by atoms with Crippen LogP contribution in [0.2, 0.25) is 0 Å². The summed E-state index contributed by atoms with van der Waals surface area (Å²) in [6, 6.07) is 10.0. The first-order valence-corrected chi connectivity index (χ1v) is 17.5. The second-order valence-corrected chi connectivity index (χ2v) is 13.6. The number of nitrogens with zero attached hydrogens (tertiary/aromatic N) is 7. The van der Waals surface area contributed by atoms with Crippen molar-refractivity contribution < 1.29 is 47.7 Å². The quantitative estimate of drug-likeness (QED) is 0.217. The molecule has 5 rings (SSSR count). The molecule has 1 aromatic carbocycles. The molecule has 54 heavy (non-hydrogen) atoms. The Balaban J connectivity index is 1.38. The second kappa shape index (κ2) is 16.9. The molecule has 2 aromatic heterocycles. The molecule has 7 atom stereocenters. The van der Waals surface area contributed by atoms with Crippen LogP contribution in [0.5, 0.6) is 5.75 Å². The summed E-state index contributed by atoms with van der Waals surface area (Å²) in [6.07, 6.45) is -1.36. The lowest BCUT2D eigenvalue weighted by molar-refractivity contribution is -0.266. The van der Waals surface area contributed by atoms with Crippen LogP contribution < -0.4 is 9.64 Å². The van der Waals surface area contributed by atoms with Crippen molar-refractivity contribution in [1.82, 2.24) is 24.3 Å². The molecule has 288 valence electrons. The summed E-state index contributed by atoms with van der Waals surface area (Å²) in [4.78, 5) is 77.6. The number of hydrogen-bond donors (Lipinski definition) is 0. The SMILES string of the molecule is COC(=O)[C@H]1O[C@@H](Oc2ccccc2CN(C)C(=O)n2ccc3c(N(C)[C@H]4CN(C(=O)CC#N)CC[C@H]4C)ncnc32)[C@H](OC(C)=O)[C@@H](OC(C)=O)[C@@H]1C. The lowest BCUT2D eigenvalue weighted by atomic mass is 9.90. The van der Waals surface area contributed by atoms with Gasteiger partial charge in [-0.2, -0.15) is 5.26 Å². The van der Waals surface area contributed by atoms with Gasteiger partial charge in [0.15, 0.2) is 17.9 Å². The molecule has 4 heterocycles. The predicted octanol–water partition coefficient (Wildman–Crippen LogP) is 2.89. The van der Waals surface area contributed by atoms with E-state index in [1.54, 1.807) is 55.4 Å². The van der Waals surface area contributed by atoms with Gasteiger partial charge in [0.2, 0.25) is 18.3 Å². The maximum absolute atomic E-state index is 14.0. The van der Waals surface area contributed by atoms with Crippen molar-refractivity contribution >= 4 is 46.7 Å². The second-order valence-electron chi connectivity index (χ2n) is 13.6. The highest BCUT2D eigenvalue weighted by Crippen LogP contribution is 2.34. The van der Waals surface area contributed by atoms with Crippen molar-refractivity contribution in [3.05, 3.63) is 48.4 Å². The van der Waals surface area contributed by atoms with Gasteiger partial charge in [-0.1, -0.05) is 32.0 Å². The molecule has 2 aliphatic heterocycles. The zero-order valence-corrected chi connectivity index (χ0v) is 31.3. The largest absolute Gasteiger partial charge is 0.467 e. The first-order valence-electron chi connectivity index (χ1n) is 17.5. The average Bonchev–Trinajstić information content (AvgIpc) is 3.58. The Bertz CT molecular complexity index is 1930. The van der Waals surface area contributed by atoms with Crippen LogP contribution in [0, 0.1) is 23.2 Å². The molecule has 2 saturated heterocycles. The first kappa shape index (κ1) is 39.4. The molecule has 0 radical (unpaired) electrons. The van der Waals surface area contributed by atoms with Crippen molar-refractivity contribution in [3.63, 3.8) is 0 Å². The minimum Gasteiger partial charge on any atom is -0.467 e. The van der Waals surface area contributed by atoms with Crippen LogP contribution in [0.4, 0.5) is 10.6 Å². The van der Waals surface area contributed by atoms with E-state index in [2.05, 4.69) is 16.9 Å².